The minimum atomic E-state index is -3.52. The quantitative estimate of drug-likeness (QED) is 0.475. The molecule has 31 heavy (non-hydrogen) atoms. The van der Waals surface area contributed by atoms with Crippen molar-refractivity contribution in [2.24, 2.45) is 9.98 Å². The van der Waals surface area contributed by atoms with Crippen LogP contribution in [0.4, 0.5) is 11.4 Å². The van der Waals surface area contributed by atoms with Gasteiger partial charge >= 0.3 is 5.69 Å². The highest BCUT2D eigenvalue weighted by Crippen LogP contribution is 2.36. The lowest BCUT2D eigenvalue weighted by molar-refractivity contribution is -0.386. The number of pyridine rings is 1. The smallest absolute Gasteiger partial charge is 0.333 e. The SMILES string of the molecule is CCCS(=O)(=O)Cc1nccc(Oc2ccc3c(c2)C2=NCCCN2C=N3)c1[N+](=O)[O-]. The van der Waals surface area contributed by atoms with Gasteiger partial charge < -0.3 is 9.64 Å². The summed E-state index contributed by atoms with van der Waals surface area (Å²) in [6, 6.07) is 6.51. The molecule has 0 saturated heterocycles. The number of benzene rings is 1. The van der Waals surface area contributed by atoms with E-state index < -0.39 is 26.2 Å². The topological polar surface area (TPSA) is 127 Å². The maximum absolute atomic E-state index is 12.2. The second kappa shape index (κ2) is 8.42. The van der Waals surface area contributed by atoms with E-state index in [1.807, 2.05) is 4.90 Å². The summed E-state index contributed by atoms with van der Waals surface area (Å²) < 4.78 is 30.2. The van der Waals surface area contributed by atoms with Crippen molar-refractivity contribution in [1.82, 2.24) is 9.88 Å². The predicted octanol–water partition coefficient (Wildman–Crippen LogP) is 3.23. The third-order valence-electron chi connectivity index (χ3n) is 4.88. The van der Waals surface area contributed by atoms with Crippen LogP contribution < -0.4 is 4.74 Å². The zero-order chi connectivity index (χ0) is 22.0. The Morgan fingerprint density at radius 3 is 2.90 bits per heavy atom. The van der Waals surface area contributed by atoms with Crippen LogP contribution in [0.5, 0.6) is 11.5 Å². The number of nitro groups is 1. The highest BCUT2D eigenvalue weighted by Gasteiger charge is 2.28. The number of hydrogen-bond acceptors (Lipinski definition) is 9. The summed E-state index contributed by atoms with van der Waals surface area (Å²) in [5.41, 5.74) is 0.929. The van der Waals surface area contributed by atoms with Crippen LogP contribution in [0.1, 0.15) is 31.0 Å². The zero-order valence-corrected chi connectivity index (χ0v) is 17.7. The Hall–Kier alpha value is -3.34. The van der Waals surface area contributed by atoms with Crippen LogP contribution in [0.3, 0.4) is 0 Å². The van der Waals surface area contributed by atoms with Gasteiger partial charge in [0.15, 0.2) is 9.84 Å². The van der Waals surface area contributed by atoms with Gasteiger partial charge in [-0.05, 0) is 31.0 Å². The van der Waals surface area contributed by atoms with E-state index in [0.29, 0.717) is 12.2 Å². The van der Waals surface area contributed by atoms with Crippen LogP contribution in [0.2, 0.25) is 0 Å². The van der Waals surface area contributed by atoms with Gasteiger partial charge in [-0.3, -0.25) is 20.1 Å². The summed E-state index contributed by atoms with van der Waals surface area (Å²) in [7, 11) is -3.52. The normalized spacial score (nSPS) is 15.1. The Morgan fingerprint density at radius 2 is 2.13 bits per heavy atom. The molecule has 0 atom stereocenters. The molecule has 11 heteroatoms. The van der Waals surface area contributed by atoms with Crippen molar-refractivity contribution in [2.45, 2.75) is 25.5 Å². The van der Waals surface area contributed by atoms with Gasteiger partial charge in [0.25, 0.3) is 0 Å². The minimum Gasteiger partial charge on any atom is -0.450 e. The maximum Gasteiger partial charge on any atom is 0.333 e. The number of aliphatic imine (C=N–C) groups is 2. The molecule has 0 unspecified atom stereocenters. The van der Waals surface area contributed by atoms with Crippen molar-refractivity contribution < 1.29 is 18.1 Å². The van der Waals surface area contributed by atoms with E-state index in [1.165, 1.54) is 12.3 Å². The van der Waals surface area contributed by atoms with E-state index in [0.717, 1.165) is 36.6 Å². The number of sulfone groups is 1. The van der Waals surface area contributed by atoms with E-state index >= 15 is 0 Å². The number of aromatic nitrogens is 1. The molecule has 0 radical (unpaired) electrons. The Morgan fingerprint density at radius 1 is 1.29 bits per heavy atom. The maximum atomic E-state index is 12.2. The average Bonchev–Trinajstić information content (AvgIpc) is 2.73. The first kappa shape index (κ1) is 20.9. The van der Waals surface area contributed by atoms with Gasteiger partial charge in [0.1, 0.15) is 17.3 Å². The molecule has 10 nitrogen and oxygen atoms in total. The molecule has 0 fully saturated rings. The Bertz CT molecular complexity index is 1190. The zero-order valence-electron chi connectivity index (χ0n) is 16.9. The number of ether oxygens (including phenoxy) is 1. The molecule has 2 aliphatic rings. The summed E-state index contributed by atoms with van der Waals surface area (Å²) >= 11 is 0. The molecule has 0 N–H and O–H groups in total. The van der Waals surface area contributed by atoms with Crippen molar-refractivity contribution in [3.05, 3.63) is 51.8 Å². The molecule has 162 valence electrons. The highest BCUT2D eigenvalue weighted by atomic mass is 32.2. The first-order chi connectivity index (χ1) is 14.9. The summed E-state index contributed by atoms with van der Waals surface area (Å²) in [6.45, 7) is 3.27. The van der Waals surface area contributed by atoms with Gasteiger partial charge in [-0.15, -0.1) is 0 Å². The lowest BCUT2D eigenvalue weighted by Crippen LogP contribution is -2.36. The van der Waals surface area contributed by atoms with E-state index in [2.05, 4.69) is 15.0 Å². The van der Waals surface area contributed by atoms with Crippen molar-refractivity contribution in [3.63, 3.8) is 0 Å². The molecule has 2 aromatic rings. The average molecular weight is 443 g/mol. The van der Waals surface area contributed by atoms with Crippen molar-refractivity contribution in [3.8, 4) is 11.5 Å². The minimum absolute atomic E-state index is 0.0663. The monoisotopic (exact) mass is 443 g/mol. The number of amidine groups is 1. The molecule has 0 amide bonds. The fourth-order valence-electron chi connectivity index (χ4n) is 3.56. The van der Waals surface area contributed by atoms with Gasteiger partial charge in [-0.1, -0.05) is 6.92 Å². The van der Waals surface area contributed by atoms with Crippen LogP contribution in [0.15, 0.2) is 40.4 Å². The number of rotatable bonds is 7. The molecule has 0 bridgehead atoms. The molecule has 0 spiro atoms. The molecule has 0 aliphatic carbocycles. The third kappa shape index (κ3) is 4.41. The molecule has 3 heterocycles. The standard InChI is InChI=1S/C20H21N5O5S/c1-2-10-31(28,29)12-17-19(25(26)27)18(6-8-21-17)30-14-4-5-16-15(11-14)20-22-7-3-9-24(20)13-23-16/h4-6,8,11,13H,2-3,7,9-10,12H2,1H3. The van der Waals surface area contributed by atoms with Gasteiger partial charge in [0, 0.05) is 30.9 Å². The number of fused-ring (bicyclic) bond motifs is 3. The van der Waals surface area contributed by atoms with Crippen molar-refractivity contribution in [1.29, 1.82) is 0 Å². The lowest BCUT2D eigenvalue weighted by atomic mass is 10.1. The summed E-state index contributed by atoms with van der Waals surface area (Å²) in [6.07, 6.45) is 4.42. The van der Waals surface area contributed by atoms with Gasteiger partial charge in [0.2, 0.25) is 5.75 Å². The first-order valence-corrected chi connectivity index (χ1v) is 11.7. The number of hydrogen-bond donors (Lipinski definition) is 0. The molecular weight excluding hydrogens is 422 g/mol. The van der Waals surface area contributed by atoms with Gasteiger partial charge in [-0.25, -0.2) is 13.4 Å². The summed E-state index contributed by atoms with van der Waals surface area (Å²) in [5, 5.41) is 11.7. The predicted molar refractivity (Wildman–Crippen MR) is 116 cm³/mol. The fourth-order valence-corrected chi connectivity index (χ4v) is 4.95. The summed E-state index contributed by atoms with van der Waals surface area (Å²) in [4.78, 5) is 26.0. The number of nitrogens with zero attached hydrogens (tertiary/aromatic N) is 5. The van der Waals surface area contributed by atoms with Crippen molar-refractivity contribution in [2.75, 3.05) is 18.8 Å². The van der Waals surface area contributed by atoms with Gasteiger partial charge in [0.05, 0.1) is 28.5 Å². The van der Waals surface area contributed by atoms with E-state index in [-0.39, 0.29) is 17.2 Å². The van der Waals surface area contributed by atoms with Crippen LogP contribution in [-0.4, -0.2) is 54.2 Å². The highest BCUT2D eigenvalue weighted by molar-refractivity contribution is 7.90. The van der Waals surface area contributed by atoms with Gasteiger partial charge in [-0.2, -0.15) is 0 Å². The Labute approximate surface area is 179 Å². The third-order valence-corrected chi connectivity index (χ3v) is 6.62. The lowest BCUT2D eigenvalue weighted by Gasteiger charge is -2.29. The first-order valence-electron chi connectivity index (χ1n) is 9.88. The molecule has 4 rings (SSSR count). The Balaban J connectivity index is 1.69. The molecular formula is C20H21N5O5S. The fraction of sp³-hybridized carbons (Fsp3) is 0.350. The van der Waals surface area contributed by atoms with Crippen LogP contribution in [0.25, 0.3) is 0 Å². The second-order valence-electron chi connectivity index (χ2n) is 7.23. The molecule has 1 aromatic carbocycles. The summed E-state index contributed by atoms with van der Waals surface area (Å²) in [5.74, 6) is 0.501. The second-order valence-corrected chi connectivity index (χ2v) is 9.42. The van der Waals surface area contributed by atoms with Crippen LogP contribution in [-0.2, 0) is 15.6 Å². The van der Waals surface area contributed by atoms with E-state index in [4.69, 9.17) is 4.74 Å². The molecule has 0 saturated carbocycles. The Kier molecular flexibility index (Phi) is 5.68. The van der Waals surface area contributed by atoms with Crippen molar-refractivity contribution >= 4 is 33.4 Å². The van der Waals surface area contributed by atoms with Crippen LogP contribution in [0, 0.1) is 10.1 Å². The largest absolute Gasteiger partial charge is 0.450 e. The van der Waals surface area contributed by atoms with E-state index in [9.17, 15) is 18.5 Å². The molecule has 1 aromatic heterocycles. The van der Waals surface area contributed by atoms with E-state index in [1.54, 1.807) is 31.5 Å². The van der Waals surface area contributed by atoms with Crippen LogP contribution >= 0.6 is 0 Å². The molecule has 2 aliphatic heterocycles.